The Bertz CT molecular complexity index is 1290. The van der Waals surface area contributed by atoms with Crippen LogP contribution >= 0.6 is 0 Å². The van der Waals surface area contributed by atoms with Gasteiger partial charge in [0.2, 0.25) is 17.6 Å². The van der Waals surface area contributed by atoms with Gasteiger partial charge in [-0.25, -0.2) is 4.79 Å². The van der Waals surface area contributed by atoms with E-state index in [-0.39, 0.29) is 35.7 Å². The number of carbonyl (C=O) groups excluding carboxylic acids is 5. The molecule has 1 heterocycles. The van der Waals surface area contributed by atoms with E-state index in [0.717, 1.165) is 24.8 Å². The van der Waals surface area contributed by atoms with Gasteiger partial charge in [0.15, 0.2) is 0 Å². The summed E-state index contributed by atoms with van der Waals surface area (Å²) >= 11 is 0. The second kappa shape index (κ2) is 13.1. The normalized spacial score (nSPS) is 23.6. The van der Waals surface area contributed by atoms with E-state index in [1.165, 1.54) is 0 Å². The largest absolute Gasteiger partial charge is 0.374 e. The molecule has 1 unspecified atom stereocenters. The Balaban J connectivity index is 1.45. The van der Waals surface area contributed by atoms with Crippen LogP contribution in [0.25, 0.3) is 0 Å². The predicted molar refractivity (Wildman–Crippen MR) is 169 cm³/mol. The summed E-state index contributed by atoms with van der Waals surface area (Å²) in [6, 6.07) is 6.43. The first-order valence-corrected chi connectivity index (χ1v) is 16.1. The fourth-order valence-corrected chi connectivity index (χ4v) is 6.86. The lowest BCUT2D eigenvalue weighted by Crippen LogP contribution is -2.62. The van der Waals surface area contributed by atoms with Crippen molar-refractivity contribution in [1.29, 1.82) is 0 Å². The zero-order chi connectivity index (χ0) is 33.3. The molecule has 5 N–H and O–H groups in total. The molecule has 3 fully saturated rings. The number of benzene rings is 1. The molecule has 5 atom stereocenters. The van der Waals surface area contributed by atoms with Crippen molar-refractivity contribution >= 4 is 29.5 Å². The SMILES string of the molecule is CC(C)(COCc1ccccc1)NC(=O)N[C@H](C(=O)N1C[C@H]2[C@@H]([C@H]1C(=O)NC(CC1CCC1)C(=O)C(N)=O)C2(C)C)C(C)(C)C. The average Bonchev–Trinajstić information content (AvgIpc) is 3.24. The topological polar surface area (TPSA) is 160 Å². The third-order valence-electron chi connectivity index (χ3n) is 9.84. The quantitative estimate of drug-likeness (QED) is 0.247. The van der Waals surface area contributed by atoms with Crippen LogP contribution in [0.2, 0.25) is 0 Å². The molecule has 4 rings (SSSR count). The first kappa shape index (κ1) is 34.4. The molecule has 2 aliphatic carbocycles. The highest BCUT2D eigenvalue weighted by molar-refractivity contribution is 6.37. The molecule has 2 saturated carbocycles. The second-order valence-corrected chi connectivity index (χ2v) is 15.5. The summed E-state index contributed by atoms with van der Waals surface area (Å²) in [7, 11) is 0. The van der Waals surface area contributed by atoms with Crippen LogP contribution in [-0.4, -0.2) is 71.3 Å². The van der Waals surface area contributed by atoms with Gasteiger partial charge < -0.3 is 31.3 Å². The van der Waals surface area contributed by atoms with E-state index >= 15 is 0 Å². The lowest BCUT2D eigenvalue weighted by molar-refractivity contribution is -0.145. The number of fused-ring (bicyclic) bond motifs is 1. The molecule has 1 aromatic rings. The highest BCUT2D eigenvalue weighted by Crippen LogP contribution is 2.65. The maximum Gasteiger partial charge on any atom is 0.315 e. The van der Waals surface area contributed by atoms with Gasteiger partial charge in [0.25, 0.3) is 5.91 Å². The molecule has 1 aromatic carbocycles. The molecule has 11 heteroatoms. The third kappa shape index (κ3) is 8.04. The molecular weight excluding hydrogens is 574 g/mol. The Kier molecular flexibility index (Phi) is 10.0. The molecular formula is C34H51N5O6. The van der Waals surface area contributed by atoms with E-state index in [4.69, 9.17) is 10.5 Å². The summed E-state index contributed by atoms with van der Waals surface area (Å²) < 4.78 is 5.85. The number of ketones is 1. The van der Waals surface area contributed by atoms with Crippen molar-refractivity contribution in [2.75, 3.05) is 13.2 Å². The standard InChI is InChI=1S/C34H51N5O6/c1-32(2,3)27(37-31(44)38-33(4,5)19-45-18-21-12-9-8-10-13-21)30(43)39-17-22-24(34(22,6)7)25(39)29(42)36-23(26(40)28(35)41)16-20-14-11-15-20/h8-10,12-13,20,22-25,27H,11,14-19H2,1-7H3,(H2,35,41)(H,36,42)(H2,37,38,44)/t22-,23?,24-,25-,27+/m0/s1. The van der Waals surface area contributed by atoms with Crippen molar-refractivity contribution < 1.29 is 28.7 Å². The van der Waals surface area contributed by atoms with E-state index in [0.29, 0.717) is 19.6 Å². The predicted octanol–water partition coefficient (Wildman–Crippen LogP) is 2.91. The van der Waals surface area contributed by atoms with Crippen LogP contribution in [0.5, 0.6) is 0 Å². The van der Waals surface area contributed by atoms with E-state index in [1.807, 2.05) is 65.0 Å². The molecule has 0 aromatic heterocycles. The van der Waals surface area contributed by atoms with Gasteiger partial charge in [-0.15, -0.1) is 0 Å². The maximum absolute atomic E-state index is 14.2. The minimum atomic E-state index is -1.08. The Hall–Kier alpha value is -3.47. The number of amides is 5. The number of likely N-dealkylation sites (tertiary alicyclic amines) is 1. The fourth-order valence-electron chi connectivity index (χ4n) is 6.86. The maximum atomic E-state index is 14.2. The smallest absolute Gasteiger partial charge is 0.315 e. The number of carbonyl (C=O) groups is 5. The van der Waals surface area contributed by atoms with Crippen molar-refractivity contribution in [2.45, 2.75) is 104 Å². The van der Waals surface area contributed by atoms with Gasteiger partial charge in [0, 0.05) is 6.54 Å². The van der Waals surface area contributed by atoms with Crippen LogP contribution in [0.15, 0.2) is 30.3 Å². The lowest BCUT2D eigenvalue weighted by atomic mass is 9.80. The van der Waals surface area contributed by atoms with Crippen molar-refractivity contribution in [3.8, 4) is 0 Å². The van der Waals surface area contributed by atoms with Crippen molar-refractivity contribution in [2.24, 2.45) is 34.3 Å². The molecule has 0 bridgehead atoms. The van der Waals surface area contributed by atoms with Gasteiger partial charge in [0.1, 0.15) is 12.1 Å². The number of urea groups is 1. The number of nitrogens with one attached hydrogen (secondary N) is 3. The summed E-state index contributed by atoms with van der Waals surface area (Å²) in [5.41, 5.74) is 4.78. The zero-order valence-corrected chi connectivity index (χ0v) is 27.8. The summed E-state index contributed by atoms with van der Waals surface area (Å²) in [6.07, 6.45) is 3.26. The van der Waals surface area contributed by atoms with Crippen LogP contribution in [0, 0.1) is 28.6 Å². The van der Waals surface area contributed by atoms with Crippen LogP contribution in [0.1, 0.15) is 79.7 Å². The van der Waals surface area contributed by atoms with E-state index in [9.17, 15) is 24.0 Å². The molecule has 1 saturated heterocycles. The van der Waals surface area contributed by atoms with Crippen LogP contribution in [0.3, 0.4) is 0 Å². The fraction of sp³-hybridized carbons (Fsp3) is 0.676. The number of hydrogen-bond donors (Lipinski definition) is 4. The van der Waals surface area contributed by atoms with E-state index < -0.39 is 52.7 Å². The number of primary amides is 1. The number of piperidine rings is 1. The Morgan fingerprint density at radius 1 is 1.02 bits per heavy atom. The minimum absolute atomic E-state index is 0.101. The van der Waals surface area contributed by atoms with Crippen molar-refractivity contribution in [1.82, 2.24) is 20.9 Å². The van der Waals surface area contributed by atoms with Gasteiger partial charge in [-0.05, 0) is 54.4 Å². The first-order valence-electron chi connectivity index (χ1n) is 16.1. The highest BCUT2D eigenvalue weighted by Gasteiger charge is 2.70. The van der Waals surface area contributed by atoms with Crippen LogP contribution in [-0.2, 0) is 30.5 Å². The zero-order valence-electron chi connectivity index (χ0n) is 27.8. The molecule has 11 nitrogen and oxygen atoms in total. The number of hydrogen-bond acceptors (Lipinski definition) is 6. The molecule has 0 spiro atoms. The number of nitrogens with two attached hydrogens (primary N) is 1. The number of ether oxygens (including phenoxy) is 1. The summed E-state index contributed by atoms with van der Waals surface area (Å²) in [6.45, 7) is 14.4. The van der Waals surface area contributed by atoms with Crippen molar-refractivity contribution in [3.05, 3.63) is 35.9 Å². The van der Waals surface area contributed by atoms with Crippen molar-refractivity contribution in [3.63, 3.8) is 0 Å². The van der Waals surface area contributed by atoms with Gasteiger partial charge in [-0.3, -0.25) is 19.2 Å². The summed E-state index contributed by atoms with van der Waals surface area (Å²) in [5.74, 6) is -2.50. The molecule has 0 radical (unpaired) electrons. The number of nitrogens with zero attached hydrogens (tertiary/aromatic N) is 1. The molecule has 5 amide bonds. The molecule has 3 aliphatic rings. The monoisotopic (exact) mass is 625 g/mol. The van der Waals surface area contributed by atoms with Gasteiger partial charge in [-0.2, -0.15) is 0 Å². The number of Topliss-reactive ketones (excluding diaryl/α,β-unsaturated/α-hetero) is 1. The third-order valence-corrected chi connectivity index (χ3v) is 9.84. The molecule has 1 aliphatic heterocycles. The van der Waals surface area contributed by atoms with Crippen LogP contribution in [0.4, 0.5) is 4.79 Å². The number of rotatable bonds is 13. The minimum Gasteiger partial charge on any atom is -0.374 e. The molecule has 45 heavy (non-hydrogen) atoms. The molecule has 248 valence electrons. The summed E-state index contributed by atoms with van der Waals surface area (Å²) in [5, 5.41) is 8.61. The Labute approximate surface area is 266 Å². The van der Waals surface area contributed by atoms with E-state index in [1.54, 1.807) is 4.90 Å². The van der Waals surface area contributed by atoms with Gasteiger partial charge in [0.05, 0.1) is 24.8 Å². The second-order valence-electron chi connectivity index (χ2n) is 15.5. The van der Waals surface area contributed by atoms with Gasteiger partial charge in [-0.1, -0.05) is 84.2 Å². The lowest BCUT2D eigenvalue weighted by Gasteiger charge is -2.38. The Morgan fingerprint density at radius 2 is 1.67 bits per heavy atom. The Morgan fingerprint density at radius 3 is 2.22 bits per heavy atom. The average molecular weight is 626 g/mol. The van der Waals surface area contributed by atoms with Gasteiger partial charge >= 0.3 is 6.03 Å². The van der Waals surface area contributed by atoms with E-state index in [2.05, 4.69) is 29.8 Å². The van der Waals surface area contributed by atoms with Crippen LogP contribution < -0.4 is 21.7 Å². The first-order chi connectivity index (χ1) is 20.9. The summed E-state index contributed by atoms with van der Waals surface area (Å²) in [4.78, 5) is 67.4. The highest BCUT2D eigenvalue weighted by atomic mass is 16.5.